The highest BCUT2D eigenvalue weighted by Gasteiger charge is 2.35. The van der Waals surface area contributed by atoms with E-state index < -0.39 is 0 Å². The number of phenols is 2. The first kappa shape index (κ1) is 14.7. The Balaban J connectivity index is 1.85. The van der Waals surface area contributed by atoms with Crippen molar-refractivity contribution < 1.29 is 10.2 Å². The summed E-state index contributed by atoms with van der Waals surface area (Å²) in [4.78, 5) is 2.47. The predicted molar refractivity (Wildman–Crippen MR) is 83.6 cm³/mol. The van der Waals surface area contributed by atoms with Gasteiger partial charge in [-0.15, -0.1) is 0 Å². The van der Waals surface area contributed by atoms with E-state index in [-0.39, 0.29) is 17.5 Å². The highest BCUT2D eigenvalue weighted by molar-refractivity contribution is 5.45. The third-order valence-corrected chi connectivity index (χ3v) is 5.13. The standard InChI is InChI=1S/C17H26N2O2/c1-12(17-15(20)8-4-9-16(17)21)19-11-3-2-7-14(19)13-6-5-10-18-13/h4,8-9,12-14,18,20-21H,2-3,5-7,10-11H2,1H3. The maximum Gasteiger partial charge on any atom is 0.124 e. The molecule has 2 heterocycles. The van der Waals surface area contributed by atoms with Crippen LogP contribution in [0, 0.1) is 0 Å². The molecule has 3 atom stereocenters. The van der Waals surface area contributed by atoms with Crippen molar-refractivity contribution in [1.29, 1.82) is 0 Å². The van der Waals surface area contributed by atoms with Crippen LogP contribution < -0.4 is 5.32 Å². The Labute approximate surface area is 126 Å². The first-order chi connectivity index (χ1) is 10.2. The fourth-order valence-corrected chi connectivity index (χ4v) is 4.07. The van der Waals surface area contributed by atoms with E-state index >= 15 is 0 Å². The minimum Gasteiger partial charge on any atom is -0.507 e. The maximum atomic E-state index is 10.1. The molecule has 21 heavy (non-hydrogen) atoms. The molecule has 116 valence electrons. The van der Waals surface area contributed by atoms with Crippen molar-refractivity contribution in [2.24, 2.45) is 0 Å². The Morgan fingerprint density at radius 1 is 1.14 bits per heavy atom. The van der Waals surface area contributed by atoms with Gasteiger partial charge in [0.15, 0.2) is 0 Å². The molecule has 1 aromatic rings. The van der Waals surface area contributed by atoms with E-state index in [0.29, 0.717) is 17.6 Å². The molecular formula is C17H26N2O2. The Kier molecular flexibility index (Phi) is 4.36. The normalized spacial score (nSPS) is 28.6. The van der Waals surface area contributed by atoms with Gasteiger partial charge in [0.25, 0.3) is 0 Å². The van der Waals surface area contributed by atoms with Gasteiger partial charge in [-0.25, -0.2) is 0 Å². The van der Waals surface area contributed by atoms with Crippen LogP contribution in [0.1, 0.15) is 50.6 Å². The summed E-state index contributed by atoms with van der Waals surface area (Å²) in [5.74, 6) is 0.400. The average Bonchev–Trinajstić information content (AvgIpc) is 3.01. The SMILES string of the molecule is CC(c1c(O)cccc1O)N1CCCCC1C1CCCN1. The largest absolute Gasteiger partial charge is 0.507 e. The quantitative estimate of drug-likeness (QED) is 0.801. The molecule has 0 aliphatic carbocycles. The molecule has 3 rings (SSSR count). The molecule has 4 heteroatoms. The van der Waals surface area contributed by atoms with Gasteiger partial charge in [-0.05, 0) is 57.8 Å². The molecule has 0 spiro atoms. The van der Waals surface area contributed by atoms with Gasteiger partial charge in [0, 0.05) is 18.1 Å². The summed E-state index contributed by atoms with van der Waals surface area (Å²) in [6.45, 7) is 4.26. The number of hydrogen-bond acceptors (Lipinski definition) is 4. The van der Waals surface area contributed by atoms with E-state index in [2.05, 4.69) is 17.1 Å². The van der Waals surface area contributed by atoms with E-state index in [9.17, 15) is 10.2 Å². The van der Waals surface area contributed by atoms with Crippen LogP contribution in [0.15, 0.2) is 18.2 Å². The van der Waals surface area contributed by atoms with Gasteiger partial charge in [0.1, 0.15) is 11.5 Å². The molecule has 2 saturated heterocycles. The maximum absolute atomic E-state index is 10.1. The number of hydrogen-bond donors (Lipinski definition) is 3. The third kappa shape index (κ3) is 2.87. The van der Waals surface area contributed by atoms with Crippen LogP contribution in [-0.4, -0.2) is 40.3 Å². The summed E-state index contributed by atoms with van der Waals surface area (Å²) in [6, 6.07) is 6.12. The fraction of sp³-hybridized carbons (Fsp3) is 0.647. The zero-order chi connectivity index (χ0) is 14.8. The molecule has 1 aromatic carbocycles. The van der Waals surface area contributed by atoms with E-state index in [1.54, 1.807) is 18.2 Å². The van der Waals surface area contributed by atoms with Crippen LogP contribution in [0.3, 0.4) is 0 Å². The number of benzene rings is 1. The number of piperidine rings is 1. The lowest BCUT2D eigenvalue weighted by Gasteiger charge is -2.43. The zero-order valence-electron chi connectivity index (χ0n) is 12.8. The second-order valence-corrected chi connectivity index (χ2v) is 6.39. The lowest BCUT2D eigenvalue weighted by molar-refractivity contribution is 0.0780. The van der Waals surface area contributed by atoms with Crippen molar-refractivity contribution in [3.63, 3.8) is 0 Å². The number of phenolic OH excluding ortho intramolecular Hbond substituents is 2. The lowest BCUT2D eigenvalue weighted by atomic mass is 9.91. The first-order valence-corrected chi connectivity index (χ1v) is 8.18. The predicted octanol–water partition coefficient (Wildman–Crippen LogP) is 2.77. The topological polar surface area (TPSA) is 55.7 Å². The molecule has 4 nitrogen and oxygen atoms in total. The number of likely N-dealkylation sites (tertiary alicyclic amines) is 1. The van der Waals surface area contributed by atoms with Gasteiger partial charge < -0.3 is 15.5 Å². The third-order valence-electron chi connectivity index (χ3n) is 5.13. The molecule has 0 aromatic heterocycles. The number of rotatable bonds is 3. The smallest absolute Gasteiger partial charge is 0.124 e. The molecule has 2 aliphatic rings. The summed E-state index contributed by atoms with van der Waals surface area (Å²) >= 11 is 0. The van der Waals surface area contributed by atoms with Crippen molar-refractivity contribution in [3.05, 3.63) is 23.8 Å². The van der Waals surface area contributed by atoms with Gasteiger partial charge in [-0.1, -0.05) is 12.5 Å². The van der Waals surface area contributed by atoms with Crippen LogP contribution >= 0.6 is 0 Å². The summed E-state index contributed by atoms with van der Waals surface area (Å²) in [5, 5.41) is 23.9. The van der Waals surface area contributed by atoms with Crippen LogP contribution in [0.2, 0.25) is 0 Å². The van der Waals surface area contributed by atoms with Gasteiger partial charge in [-0.3, -0.25) is 4.90 Å². The van der Waals surface area contributed by atoms with E-state index in [1.165, 1.54) is 32.1 Å². The molecule has 3 unspecified atom stereocenters. The monoisotopic (exact) mass is 290 g/mol. The molecule has 0 amide bonds. The number of nitrogens with zero attached hydrogens (tertiary/aromatic N) is 1. The van der Waals surface area contributed by atoms with E-state index in [4.69, 9.17) is 0 Å². The van der Waals surface area contributed by atoms with Gasteiger partial charge in [0.2, 0.25) is 0 Å². The molecule has 2 fully saturated rings. The fourth-order valence-electron chi connectivity index (χ4n) is 4.07. The van der Waals surface area contributed by atoms with Gasteiger partial charge in [0.05, 0.1) is 5.56 Å². The van der Waals surface area contributed by atoms with Crippen molar-refractivity contribution in [1.82, 2.24) is 10.2 Å². The number of nitrogens with one attached hydrogen (secondary N) is 1. The van der Waals surface area contributed by atoms with Crippen molar-refractivity contribution in [2.75, 3.05) is 13.1 Å². The molecule has 0 radical (unpaired) electrons. The van der Waals surface area contributed by atoms with Crippen molar-refractivity contribution >= 4 is 0 Å². The Morgan fingerprint density at radius 2 is 1.90 bits per heavy atom. The zero-order valence-corrected chi connectivity index (χ0v) is 12.8. The first-order valence-electron chi connectivity index (χ1n) is 8.18. The van der Waals surface area contributed by atoms with Gasteiger partial charge in [-0.2, -0.15) is 0 Å². The van der Waals surface area contributed by atoms with Crippen LogP contribution in [0.25, 0.3) is 0 Å². The minimum absolute atomic E-state index is 0.0406. The Morgan fingerprint density at radius 3 is 2.57 bits per heavy atom. The number of aromatic hydroxyl groups is 2. The Hall–Kier alpha value is -1.26. The van der Waals surface area contributed by atoms with Crippen LogP contribution in [-0.2, 0) is 0 Å². The Bertz CT molecular complexity index is 465. The highest BCUT2D eigenvalue weighted by Crippen LogP contribution is 2.39. The lowest BCUT2D eigenvalue weighted by Crippen LogP contribution is -2.50. The summed E-state index contributed by atoms with van der Waals surface area (Å²) in [6.07, 6.45) is 6.17. The molecule has 0 bridgehead atoms. The van der Waals surface area contributed by atoms with Crippen molar-refractivity contribution in [2.45, 2.75) is 57.2 Å². The van der Waals surface area contributed by atoms with Crippen molar-refractivity contribution in [3.8, 4) is 11.5 Å². The van der Waals surface area contributed by atoms with E-state index in [1.807, 2.05) is 0 Å². The minimum atomic E-state index is 0.0406. The van der Waals surface area contributed by atoms with E-state index in [0.717, 1.165) is 13.1 Å². The second kappa shape index (κ2) is 6.24. The summed E-state index contributed by atoms with van der Waals surface area (Å²) in [7, 11) is 0. The molecule has 2 aliphatic heterocycles. The average molecular weight is 290 g/mol. The summed E-state index contributed by atoms with van der Waals surface area (Å²) in [5.41, 5.74) is 0.669. The second-order valence-electron chi connectivity index (χ2n) is 6.39. The van der Waals surface area contributed by atoms with Gasteiger partial charge >= 0.3 is 0 Å². The molecule has 0 saturated carbocycles. The van der Waals surface area contributed by atoms with Crippen LogP contribution in [0.5, 0.6) is 11.5 Å². The van der Waals surface area contributed by atoms with Crippen LogP contribution in [0.4, 0.5) is 0 Å². The summed E-state index contributed by atoms with van der Waals surface area (Å²) < 4.78 is 0. The molecular weight excluding hydrogens is 264 g/mol. The molecule has 3 N–H and O–H groups in total. The highest BCUT2D eigenvalue weighted by atomic mass is 16.3.